The van der Waals surface area contributed by atoms with Crippen LogP contribution in [0.3, 0.4) is 0 Å². The molecule has 1 aromatic heterocycles. The van der Waals surface area contributed by atoms with Crippen LogP contribution in [0.5, 0.6) is 0 Å². The van der Waals surface area contributed by atoms with Crippen LogP contribution in [-0.2, 0) is 0 Å². The van der Waals surface area contributed by atoms with Crippen molar-refractivity contribution in [1.29, 1.82) is 0 Å². The molecule has 3 rings (SSSR count). The first-order valence-corrected chi connectivity index (χ1v) is 6.18. The minimum atomic E-state index is -0.295. The fourth-order valence-electron chi connectivity index (χ4n) is 2.38. The van der Waals surface area contributed by atoms with Gasteiger partial charge in [0.25, 0.3) is 0 Å². The highest BCUT2D eigenvalue weighted by Gasteiger charge is 2.34. The summed E-state index contributed by atoms with van der Waals surface area (Å²) in [5.41, 5.74) is 7.67. The number of nitrogens with zero attached hydrogens (tertiary/aromatic N) is 1. The molecule has 18 heavy (non-hydrogen) atoms. The van der Waals surface area contributed by atoms with Gasteiger partial charge in [-0.3, -0.25) is 0 Å². The zero-order chi connectivity index (χ0) is 12.7. The number of hydrogen-bond donors (Lipinski definition) is 1. The van der Waals surface area contributed by atoms with Gasteiger partial charge in [-0.1, -0.05) is 30.3 Å². The summed E-state index contributed by atoms with van der Waals surface area (Å²) in [6.07, 6.45) is 2.40. The predicted octanol–water partition coefficient (Wildman–Crippen LogP) is 3.58. The summed E-state index contributed by atoms with van der Waals surface area (Å²) in [5.74, 6) is 0.792. The number of nitrogens with two attached hydrogens (primary N) is 1. The number of hydrogen-bond acceptors (Lipinski definition) is 3. The normalized spacial score (nSPS) is 16.8. The standard InChI is InChI=1S/C14H15FN2O/c1-8(9-6-7-9)13-12(14(16)18-17-13)10-4-2-3-5-11(10)15/h2-5,8-9H,6-7,16H2,1H3. The highest BCUT2D eigenvalue weighted by molar-refractivity contribution is 5.76. The molecule has 2 aromatic rings. The summed E-state index contributed by atoms with van der Waals surface area (Å²) in [6, 6.07) is 6.58. The topological polar surface area (TPSA) is 52.0 Å². The lowest BCUT2D eigenvalue weighted by Gasteiger charge is -2.09. The number of nitrogen functional groups attached to an aromatic ring is 1. The molecule has 4 heteroatoms. The number of benzene rings is 1. The molecule has 0 amide bonds. The van der Waals surface area contributed by atoms with Gasteiger partial charge >= 0.3 is 0 Å². The first-order chi connectivity index (χ1) is 8.68. The van der Waals surface area contributed by atoms with Crippen LogP contribution in [-0.4, -0.2) is 5.16 Å². The van der Waals surface area contributed by atoms with E-state index in [1.165, 1.54) is 18.9 Å². The summed E-state index contributed by atoms with van der Waals surface area (Å²) in [4.78, 5) is 0. The highest BCUT2D eigenvalue weighted by Crippen LogP contribution is 2.46. The third-order valence-corrected chi connectivity index (χ3v) is 3.65. The molecule has 3 nitrogen and oxygen atoms in total. The van der Waals surface area contributed by atoms with E-state index in [2.05, 4.69) is 12.1 Å². The van der Waals surface area contributed by atoms with E-state index in [1.54, 1.807) is 18.2 Å². The molecule has 1 unspecified atom stereocenters. The smallest absolute Gasteiger partial charge is 0.230 e. The van der Waals surface area contributed by atoms with Crippen LogP contribution in [0.1, 0.15) is 31.4 Å². The molecule has 0 aliphatic heterocycles. The van der Waals surface area contributed by atoms with Crippen LogP contribution < -0.4 is 5.73 Å². The molecule has 1 aliphatic rings. The zero-order valence-corrected chi connectivity index (χ0v) is 10.2. The van der Waals surface area contributed by atoms with Crippen LogP contribution >= 0.6 is 0 Å². The van der Waals surface area contributed by atoms with E-state index in [-0.39, 0.29) is 17.6 Å². The van der Waals surface area contributed by atoms with E-state index in [0.717, 1.165) is 5.69 Å². The highest BCUT2D eigenvalue weighted by atomic mass is 19.1. The Morgan fingerprint density at radius 3 is 2.78 bits per heavy atom. The molecular formula is C14H15FN2O. The van der Waals surface area contributed by atoms with Gasteiger partial charge in [0.2, 0.25) is 5.88 Å². The summed E-state index contributed by atoms with van der Waals surface area (Å²) in [5, 5.41) is 4.03. The number of anilines is 1. The first kappa shape index (κ1) is 11.3. The van der Waals surface area contributed by atoms with E-state index >= 15 is 0 Å². The molecule has 0 radical (unpaired) electrons. The van der Waals surface area contributed by atoms with Gasteiger partial charge in [0.05, 0.1) is 11.3 Å². The quantitative estimate of drug-likeness (QED) is 0.900. The molecule has 0 saturated heterocycles. The van der Waals surface area contributed by atoms with Gasteiger partial charge in [-0.25, -0.2) is 4.39 Å². The molecule has 1 aliphatic carbocycles. The average molecular weight is 246 g/mol. The van der Waals surface area contributed by atoms with Gasteiger partial charge in [-0.2, -0.15) is 0 Å². The second-order valence-electron chi connectivity index (χ2n) is 4.91. The average Bonchev–Trinajstić information content (AvgIpc) is 3.14. The maximum absolute atomic E-state index is 13.9. The lowest BCUT2D eigenvalue weighted by molar-refractivity contribution is 0.417. The molecule has 1 aromatic carbocycles. The Morgan fingerprint density at radius 2 is 2.11 bits per heavy atom. The first-order valence-electron chi connectivity index (χ1n) is 6.18. The predicted molar refractivity (Wildman–Crippen MR) is 67.4 cm³/mol. The van der Waals surface area contributed by atoms with Crippen molar-refractivity contribution in [2.75, 3.05) is 5.73 Å². The Kier molecular flexibility index (Phi) is 2.58. The zero-order valence-electron chi connectivity index (χ0n) is 10.2. The molecule has 1 atom stereocenters. The van der Waals surface area contributed by atoms with Gasteiger partial charge in [-0.15, -0.1) is 0 Å². The minimum Gasteiger partial charge on any atom is -0.367 e. The molecule has 2 N–H and O–H groups in total. The lowest BCUT2D eigenvalue weighted by Crippen LogP contribution is -2.00. The molecule has 1 fully saturated rings. The van der Waals surface area contributed by atoms with Crippen molar-refractivity contribution in [1.82, 2.24) is 5.16 Å². The van der Waals surface area contributed by atoms with Gasteiger partial charge < -0.3 is 10.3 Å². The summed E-state index contributed by atoms with van der Waals surface area (Å²) in [6.45, 7) is 2.10. The van der Waals surface area contributed by atoms with Crippen LogP contribution in [0.25, 0.3) is 11.1 Å². The Bertz CT molecular complexity index is 575. The Morgan fingerprint density at radius 1 is 1.39 bits per heavy atom. The van der Waals surface area contributed by atoms with Gasteiger partial charge in [-0.05, 0) is 24.8 Å². The summed E-state index contributed by atoms with van der Waals surface area (Å²) < 4.78 is 18.9. The Balaban J connectivity index is 2.11. The molecule has 0 bridgehead atoms. The second-order valence-corrected chi connectivity index (χ2v) is 4.91. The molecule has 1 heterocycles. The van der Waals surface area contributed by atoms with E-state index in [9.17, 15) is 4.39 Å². The van der Waals surface area contributed by atoms with Gasteiger partial charge in [0.1, 0.15) is 5.82 Å². The van der Waals surface area contributed by atoms with Crippen LogP contribution in [0.4, 0.5) is 10.3 Å². The van der Waals surface area contributed by atoms with Crippen molar-refractivity contribution in [2.24, 2.45) is 5.92 Å². The van der Waals surface area contributed by atoms with E-state index in [1.807, 2.05) is 0 Å². The van der Waals surface area contributed by atoms with Crippen molar-refractivity contribution in [3.63, 3.8) is 0 Å². The van der Waals surface area contributed by atoms with Crippen LogP contribution in [0.2, 0.25) is 0 Å². The number of halogens is 1. The van der Waals surface area contributed by atoms with Crippen molar-refractivity contribution in [3.05, 3.63) is 35.8 Å². The summed E-state index contributed by atoms with van der Waals surface area (Å²) in [7, 11) is 0. The Hall–Kier alpha value is -1.84. The van der Waals surface area contributed by atoms with E-state index in [4.69, 9.17) is 10.3 Å². The third kappa shape index (κ3) is 1.78. The lowest BCUT2D eigenvalue weighted by atomic mass is 9.94. The maximum atomic E-state index is 13.9. The molecule has 1 saturated carbocycles. The molecule has 0 spiro atoms. The largest absolute Gasteiger partial charge is 0.367 e. The minimum absolute atomic E-state index is 0.197. The second kappa shape index (κ2) is 4.12. The van der Waals surface area contributed by atoms with Crippen molar-refractivity contribution in [2.45, 2.75) is 25.7 Å². The number of aromatic nitrogens is 1. The maximum Gasteiger partial charge on any atom is 0.230 e. The van der Waals surface area contributed by atoms with Crippen molar-refractivity contribution >= 4 is 5.88 Å². The van der Waals surface area contributed by atoms with Gasteiger partial charge in [0.15, 0.2) is 0 Å². The third-order valence-electron chi connectivity index (χ3n) is 3.65. The van der Waals surface area contributed by atoms with Crippen LogP contribution in [0.15, 0.2) is 28.8 Å². The fraction of sp³-hybridized carbons (Fsp3) is 0.357. The van der Waals surface area contributed by atoms with Crippen molar-refractivity contribution < 1.29 is 8.91 Å². The summed E-state index contributed by atoms with van der Waals surface area (Å²) >= 11 is 0. The van der Waals surface area contributed by atoms with E-state index < -0.39 is 0 Å². The Labute approximate surface area is 105 Å². The van der Waals surface area contributed by atoms with Gasteiger partial charge in [0, 0.05) is 11.5 Å². The van der Waals surface area contributed by atoms with Crippen LogP contribution in [0, 0.1) is 11.7 Å². The SMILES string of the molecule is CC(c1noc(N)c1-c1ccccc1F)C1CC1. The van der Waals surface area contributed by atoms with Crippen molar-refractivity contribution in [3.8, 4) is 11.1 Å². The fourth-order valence-corrected chi connectivity index (χ4v) is 2.38. The number of rotatable bonds is 3. The molecular weight excluding hydrogens is 231 g/mol. The molecule has 94 valence electrons. The van der Waals surface area contributed by atoms with E-state index in [0.29, 0.717) is 17.0 Å². The monoisotopic (exact) mass is 246 g/mol.